The van der Waals surface area contributed by atoms with E-state index in [0.717, 1.165) is 5.56 Å². The van der Waals surface area contributed by atoms with Crippen LogP contribution in [0.1, 0.15) is 39.2 Å². The molecule has 2 atom stereocenters. The van der Waals surface area contributed by atoms with Gasteiger partial charge in [-0.3, -0.25) is 9.69 Å². The van der Waals surface area contributed by atoms with Gasteiger partial charge in [-0.15, -0.1) is 0 Å². The minimum Gasteiger partial charge on any atom is -0.486 e. The van der Waals surface area contributed by atoms with Crippen LogP contribution in [0.3, 0.4) is 0 Å². The van der Waals surface area contributed by atoms with Crippen LogP contribution in [0, 0.1) is 11.2 Å². The van der Waals surface area contributed by atoms with Crippen molar-refractivity contribution in [3.63, 3.8) is 0 Å². The second-order valence-corrected chi connectivity index (χ2v) is 12.0. The zero-order valence-electron chi connectivity index (χ0n) is 23.0. The molecule has 214 valence electrons. The Hall–Kier alpha value is -3.30. The fourth-order valence-corrected chi connectivity index (χ4v) is 6.21. The third-order valence-electron chi connectivity index (χ3n) is 7.97. The molecule has 0 aliphatic carbocycles. The van der Waals surface area contributed by atoms with Crippen molar-refractivity contribution in [2.45, 2.75) is 58.8 Å². The maximum absolute atomic E-state index is 14.1. The minimum atomic E-state index is -0.956. The molecule has 0 spiro atoms. The number of nitrogens with zero attached hydrogens (tertiary/aromatic N) is 3. The summed E-state index contributed by atoms with van der Waals surface area (Å²) in [5.74, 6) is 0.887. The lowest BCUT2D eigenvalue weighted by atomic mass is 9.78. The molecule has 1 saturated heterocycles. The highest BCUT2D eigenvalue weighted by atomic mass is 35.5. The highest BCUT2D eigenvalue weighted by molar-refractivity contribution is 6.35. The Kier molecular flexibility index (Phi) is 7.97. The largest absolute Gasteiger partial charge is 0.486 e. The molecule has 0 bridgehead atoms. The molecular weight excluding hydrogens is 537 g/mol. The SMILES string of the molecule is CC(C)(C)C1CC(N(Cc2ccc3c(c2)OCCO3)C(=O)O)CCN1CCn1c(=O)cc(Cl)c2ccc(F)cc21. The van der Waals surface area contributed by atoms with Crippen molar-refractivity contribution in [3.8, 4) is 11.5 Å². The summed E-state index contributed by atoms with van der Waals surface area (Å²) in [7, 11) is 0. The molecule has 3 heterocycles. The van der Waals surface area contributed by atoms with E-state index in [9.17, 15) is 19.1 Å². The van der Waals surface area contributed by atoms with E-state index in [1.165, 1.54) is 23.1 Å². The van der Waals surface area contributed by atoms with Crippen molar-refractivity contribution in [1.82, 2.24) is 14.4 Å². The number of ether oxygens (including phenoxy) is 2. The number of hydrogen-bond acceptors (Lipinski definition) is 5. The summed E-state index contributed by atoms with van der Waals surface area (Å²) in [5.41, 5.74) is 0.902. The molecule has 1 aromatic heterocycles. The Balaban J connectivity index is 1.34. The van der Waals surface area contributed by atoms with E-state index in [4.69, 9.17) is 21.1 Å². The molecule has 1 N–H and O–H groups in total. The summed E-state index contributed by atoms with van der Waals surface area (Å²) in [4.78, 5) is 29.1. The Morgan fingerprint density at radius 2 is 1.85 bits per heavy atom. The van der Waals surface area contributed by atoms with Crippen LogP contribution in [0.5, 0.6) is 11.5 Å². The van der Waals surface area contributed by atoms with Gasteiger partial charge < -0.3 is 24.0 Å². The van der Waals surface area contributed by atoms with E-state index >= 15 is 0 Å². The number of halogens is 2. The van der Waals surface area contributed by atoms with E-state index in [0.29, 0.717) is 73.1 Å². The van der Waals surface area contributed by atoms with Crippen LogP contribution in [0.15, 0.2) is 47.3 Å². The molecule has 2 aromatic carbocycles. The third kappa shape index (κ3) is 5.90. The number of piperidine rings is 1. The molecule has 10 heteroatoms. The number of rotatable bonds is 6. The Labute approximate surface area is 237 Å². The third-order valence-corrected chi connectivity index (χ3v) is 8.28. The molecule has 8 nitrogen and oxygen atoms in total. The quantitative estimate of drug-likeness (QED) is 0.413. The molecule has 0 saturated carbocycles. The number of aromatic nitrogens is 1. The lowest BCUT2D eigenvalue weighted by molar-refractivity contribution is 0.0131. The monoisotopic (exact) mass is 571 g/mol. The number of amides is 1. The van der Waals surface area contributed by atoms with Gasteiger partial charge in [0, 0.05) is 49.7 Å². The van der Waals surface area contributed by atoms with Gasteiger partial charge in [0.15, 0.2) is 11.5 Å². The fraction of sp³-hybridized carbons (Fsp3) is 0.467. The highest BCUT2D eigenvalue weighted by Crippen LogP contribution is 2.36. The average molecular weight is 572 g/mol. The van der Waals surface area contributed by atoms with E-state index in [1.807, 2.05) is 18.2 Å². The van der Waals surface area contributed by atoms with Crippen molar-refractivity contribution in [3.05, 3.63) is 69.2 Å². The number of hydrogen-bond donors (Lipinski definition) is 1. The average Bonchev–Trinajstić information content (AvgIpc) is 2.90. The van der Waals surface area contributed by atoms with E-state index in [2.05, 4.69) is 25.7 Å². The first-order valence-electron chi connectivity index (χ1n) is 13.6. The predicted octanol–water partition coefficient (Wildman–Crippen LogP) is 5.62. The van der Waals surface area contributed by atoms with Crippen LogP contribution in [0.25, 0.3) is 10.9 Å². The van der Waals surface area contributed by atoms with Crippen LogP contribution in [-0.2, 0) is 13.1 Å². The van der Waals surface area contributed by atoms with Crippen molar-refractivity contribution in [2.75, 3.05) is 26.3 Å². The van der Waals surface area contributed by atoms with Crippen LogP contribution in [-0.4, -0.2) is 64.0 Å². The van der Waals surface area contributed by atoms with Gasteiger partial charge in [-0.1, -0.05) is 38.4 Å². The standard InChI is InChI=1S/C30H35ClFN3O5/c1-30(2,3)27-16-21(35(29(37)38)18-19-4-7-25-26(14-19)40-13-12-39-25)8-9-33(27)10-11-34-24-15-20(32)5-6-22(24)23(31)17-28(34)36/h4-7,14-15,17,21,27H,8-13,16,18H2,1-3H3,(H,37,38). The fourth-order valence-electron chi connectivity index (χ4n) is 5.95. The zero-order valence-corrected chi connectivity index (χ0v) is 23.8. The topological polar surface area (TPSA) is 84.2 Å². The normalized spacial score (nSPS) is 19.5. The van der Waals surface area contributed by atoms with Gasteiger partial charge in [-0.25, -0.2) is 9.18 Å². The van der Waals surface area contributed by atoms with Gasteiger partial charge in [0.1, 0.15) is 19.0 Å². The van der Waals surface area contributed by atoms with Crippen LogP contribution in [0.2, 0.25) is 5.02 Å². The number of likely N-dealkylation sites (tertiary alicyclic amines) is 1. The summed E-state index contributed by atoms with van der Waals surface area (Å²) < 4.78 is 26.9. The second kappa shape index (κ2) is 11.3. The number of fused-ring (bicyclic) bond motifs is 2. The summed E-state index contributed by atoms with van der Waals surface area (Å²) in [6, 6.07) is 11.1. The molecule has 40 heavy (non-hydrogen) atoms. The molecular formula is C30H35ClFN3O5. The van der Waals surface area contributed by atoms with Gasteiger partial charge in [0.05, 0.1) is 10.5 Å². The first-order chi connectivity index (χ1) is 19.0. The Morgan fingerprint density at radius 1 is 1.10 bits per heavy atom. The Bertz CT molecular complexity index is 1470. The molecule has 3 aromatic rings. The van der Waals surface area contributed by atoms with Gasteiger partial charge in [0.2, 0.25) is 0 Å². The molecule has 2 aliphatic rings. The predicted molar refractivity (Wildman–Crippen MR) is 152 cm³/mol. The second-order valence-electron chi connectivity index (χ2n) is 11.6. The highest BCUT2D eigenvalue weighted by Gasteiger charge is 2.39. The van der Waals surface area contributed by atoms with Crippen molar-refractivity contribution in [1.29, 1.82) is 0 Å². The molecule has 2 unspecified atom stereocenters. The lowest BCUT2D eigenvalue weighted by Crippen LogP contribution is -2.55. The van der Waals surface area contributed by atoms with Gasteiger partial charge in [-0.05, 0) is 54.2 Å². The van der Waals surface area contributed by atoms with Gasteiger partial charge in [0.25, 0.3) is 5.56 Å². The van der Waals surface area contributed by atoms with Crippen molar-refractivity contribution in [2.24, 2.45) is 5.41 Å². The van der Waals surface area contributed by atoms with Gasteiger partial charge >= 0.3 is 6.09 Å². The summed E-state index contributed by atoms with van der Waals surface area (Å²) >= 11 is 6.27. The molecule has 5 rings (SSSR count). The van der Waals surface area contributed by atoms with Crippen LogP contribution >= 0.6 is 11.6 Å². The zero-order chi connectivity index (χ0) is 28.6. The number of pyridine rings is 1. The minimum absolute atomic E-state index is 0.0689. The van der Waals surface area contributed by atoms with E-state index < -0.39 is 11.9 Å². The Morgan fingerprint density at radius 3 is 2.58 bits per heavy atom. The molecule has 1 fully saturated rings. The molecule has 2 aliphatic heterocycles. The van der Waals surface area contributed by atoms with Crippen LogP contribution in [0.4, 0.5) is 9.18 Å². The summed E-state index contributed by atoms with van der Waals surface area (Å²) in [6.45, 7) is 9.29. The van der Waals surface area contributed by atoms with Gasteiger partial charge in [-0.2, -0.15) is 0 Å². The first-order valence-corrected chi connectivity index (χ1v) is 14.0. The summed E-state index contributed by atoms with van der Waals surface area (Å²) in [5, 5.41) is 11.1. The maximum atomic E-state index is 14.1. The molecule has 0 radical (unpaired) electrons. The van der Waals surface area contributed by atoms with Crippen molar-refractivity contribution < 1.29 is 23.8 Å². The first kappa shape index (κ1) is 28.2. The number of benzene rings is 2. The van der Waals surface area contributed by atoms with E-state index in [1.54, 1.807) is 10.6 Å². The van der Waals surface area contributed by atoms with Crippen molar-refractivity contribution >= 4 is 28.6 Å². The lowest BCUT2D eigenvalue weighted by Gasteiger charge is -2.48. The smallest absolute Gasteiger partial charge is 0.407 e. The van der Waals surface area contributed by atoms with Crippen LogP contribution < -0.4 is 15.0 Å². The maximum Gasteiger partial charge on any atom is 0.407 e. The molecule has 1 amide bonds. The summed E-state index contributed by atoms with van der Waals surface area (Å²) in [6.07, 6.45) is 0.363. The van der Waals surface area contributed by atoms with E-state index in [-0.39, 0.29) is 29.6 Å². The number of carbonyl (C=O) groups is 1. The number of carboxylic acid groups (broad SMARTS) is 1.